The summed E-state index contributed by atoms with van der Waals surface area (Å²) in [5, 5.41) is 10.8. The molecule has 6 nitrogen and oxygen atoms in total. The molecule has 6 heteroatoms. The van der Waals surface area contributed by atoms with Crippen LogP contribution in [0.2, 0.25) is 0 Å². The molecular formula is C15H14N2O4. The molecule has 108 valence electrons. The van der Waals surface area contributed by atoms with Crippen LogP contribution in [0.5, 0.6) is 0 Å². The first kappa shape index (κ1) is 14.6. The number of aliphatic carboxylic acids is 1. The van der Waals surface area contributed by atoms with E-state index >= 15 is 0 Å². The molecule has 0 radical (unpaired) electrons. The minimum Gasteiger partial charge on any atom is -0.480 e. The molecule has 21 heavy (non-hydrogen) atoms. The van der Waals surface area contributed by atoms with E-state index in [-0.39, 0.29) is 11.8 Å². The van der Waals surface area contributed by atoms with Gasteiger partial charge in [0.2, 0.25) is 5.91 Å². The van der Waals surface area contributed by atoms with E-state index in [1.54, 1.807) is 29.2 Å². The predicted octanol–water partition coefficient (Wildman–Crippen LogP) is 0.487. The maximum atomic E-state index is 11.8. The first-order valence-electron chi connectivity index (χ1n) is 6.38. The number of hydrogen-bond donors (Lipinski definition) is 2. The normalized spacial score (nSPS) is 17.4. The molecule has 0 aromatic heterocycles. The Labute approximate surface area is 121 Å². The highest BCUT2D eigenvalue weighted by atomic mass is 16.4. The number of carbonyl (C=O) groups excluding carboxylic acids is 2. The summed E-state index contributed by atoms with van der Waals surface area (Å²) < 4.78 is 0. The molecule has 1 aromatic rings. The van der Waals surface area contributed by atoms with E-state index in [9.17, 15) is 14.4 Å². The number of carbonyl (C=O) groups is 3. The molecule has 1 atom stereocenters. The maximum absolute atomic E-state index is 11.8. The minimum absolute atomic E-state index is 0.0407. The van der Waals surface area contributed by atoms with Gasteiger partial charge in [0.1, 0.15) is 6.54 Å². The summed E-state index contributed by atoms with van der Waals surface area (Å²) in [5.41, 5.74) is 1.01. The number of carboxylic acid groups (broad SMARTS) is 1. The fraction of sp³-hybridized carbons (Fsp3) is 0.267. The molecule has 0 spiro atoms. The smallest absolute Gasteiger partial charge is 0.322 e. The van der Waals surface area contributed by atoms with Crippen molar-refractivity contribution in [2.75, 3.05) is 18.0 Å². The Balaban J connectivity index is 2.06. The number of amides is 2. The maximum Gasteiger partial charge on any atom is 0.322 e. The Bertz CT molecular complexity index is 616. The zero-order valence-corrected chi connectivity index (χ0v) is 11.2. The Hall–Kier alpha value is -2.81. The number of terminal acetylenes is 1. The molecule has 1 unspecified atom stereocenters. The van der Waals surface area contributed by atoms with Gasteiger partial charge in [0.15, 0.2) is 0 Å². The number of anilines is 1. The van der Waals surface area contributed by atoms with Crippen LogP contribution in [0.1, 0.15) is 16.8 Å². The number of benzene rings is 1. The van der Waals surface area contributed by atoms with Crippen molar-refractivity contribution in [1.29, 1.82) is 0 Å². The lowest BCUT2D eigenvalue weighted by atomic mass is 10.1. The number of rotatable bonds is 4. The SMILES string of the molecule is C#CC1CC(=O)N(c2ccc(C(=O)NCC(=O)O)cc2)C1. The molecule has 1 aromatic carbocycles. The van der Waals surface area contributed by atoms with E-state index < -0.39 is 18.4 Å². The van der Waals surface area contributed by atoms with Crippen molar-refractivity contribution in [3.8, 4) is 12.3 Å². The molecular weight excluding hydrogens is 272 g/mol. The highest BCUT2D eigenvalue weighted by molar-refractivity contribution is 5.98. The van der Waals surface area contributed by atoms with Crippen molar-refractivity contribution in [3.63, 3.8) is 0 Å². The predicted molar refractivity (Wildman–Crippen MR) is 75.7 cm³/mol. The third kappa shape index (κ3) is 3.39. The molecule has 2 amide bonds. The standard InChI is InChI=1S/C15H14N2O4/c1-2-10-7-13(18)17(9-10)12-5-3-11(4-6-12)15(21)16-8-14(19)20/h1,3-6,10H,7-9H2,(H,16,21)(H,19,20). The highest BCUT2D eigenvalue weighted by Crippen LogP contribution is 2.24. The van der Waals surface area contributed by atoms with Crippen LogP contribution in [0.15, 0.2) is 24.3 Å². The van der Waals surface area contributed by atoms with Crippen LogP contribution in [0.4, 0.5) is 5.69 Å². The fourth-order valence-corrected chi connectivity index (χ4v) is 2.12. The number of hydrogen-bond acceptors (Lipinski definition) is 3. The molecule has 1 aliphatic rings. The van der Waals surface area contributed by atoms with Crippen molar-refractivity contribution in [1.82, 2.24) is 5.32 Å². The van der Waals surface area contributed by atoms with Gasteiger partial charge in [-0.05, 0) is 24.3 Å². The zero-order valence-electron chi connectivity index (χ0n) is 11.2. The molecule has 0 saturated carbocycles. The fourth-order valence-electron chi connectivity index (χ4n) is 2.12. The Morgan fingerprint density at radius 1 is 1.38 bits per heavy atom. The lowest BCUT2D eigenvalue weighted by Crippen LogP contribution is -2.29. The largest absolute Gasteiger partial charge is 0.480 e. The molecule has 1 heterocycles. The quantitative estimate of drug-likeness (QED) is 0.789. The summed E-state index contributed by atoms with van der Waals surface area (Å²) >= 11 is 0. The summed E-state index contributed by atoms with van der Waals surface area (Å²) in [5.74, 6) is 0.859. The molecule has 1 aliphatic heterocycles. The third-order valence-electron chi connectivity index (χ3n) is 3.20. The third-order valence-corrected chi connectivity index (χ3v) is 3.20. The van der Waals surface area contributed by atoms with Crippen molar-refractivity contribution < 1.29 is 19.5 Å². The topological polar surface area (TPSA) is 86.7 Å². The van der Waals surface area contributed by atoms with Gasteiger partial charge in [-0.25, -0.2) is 0 Å². The van der Waals surface area contributed by atoms with Crippen molar-refractivity contribution in [2.45, 2.75) is 6.42 Å². The van der Waals surface area contributed by atoms with Gasteiger partial charge in [0.25, 0.3) is 5.91 Å². The number of nitrogens with zero attached hydrogens (tertiary/aromatic N) is 1. The van der Waals surface area contributed by atoms with Gasteiger partial charge < -0.3 is 15.3 Å². The van der Waals surface area contributed by atoms with Crippen LogP contribution in [0.25, 0.3) is 0 Å². The average Bonchev–Trinajstić information content (AvgIpc) is 2.86. The summed E-state index contributed by atoms with van der Waals surface area (Å²) in [6.07, 6.45) is 5.66. The molecule has 0 aliphatic carbocycles. The number of carboxylic acids is 1. The van der Waals surface area contributed by atoms with Crippen LogP contribution in [-0.2, 0) is 9.59 Å². The van der Waals surface area contributed by atoms with E-state index in [2.05, 4.69) is 11.2 Å². The molecule has 2 N–H and O–H groups in total. The first-order chi connectivity index (χ1) is 10.0. The van der Waals surface area contributed by atoms with Gasteiger partial charge in [-0.15, -0.1) is 12.3 Å². The van der Waals surface area contributed by atoms with Gasteiger partial charge in [-0.2, -0.15) is 0 Å². The molecule has 1 fully saturated rings. The van der Waals surface area contributed by atoms with Gasteiger partial charge in [0, 0.05) is 30.1 Å². The molecule has 1 saturated heterocycles. The van der Waals surface area contributed by atoms with Crippen molar-refractivity contribution >= 4 is 23.5 Å². The van der Waals surface area contributed by atoms with Gasteiger partial charge >= 0.3 is 5.97 Å². The molecule has 2 rings (SSSR count). The summed E-state index contributed by atoms with van der Waals surface area (Å²) in [6, 6.07) is 6.38. The summed E-state index contributed by atoms with van der Waals surface area (Å²) in [7, 11) is 0. The monoisotopic (exact) mass is 286 g/mol. The van der Waals surface area contributed by atoms with Crippen LogP contribution < -0.4 is 10.2 Å². The van der Waals surface area contributed by atoms with E-state index in [1.165, 1.54) is 0 Å². The Kier molecular flexibility index (Phi) is 4.24. The van der Waals surface area contributed by atoms with Crippen LogP contribution >= 0.6 is 0 Å². The second kappa shape index (κ2) is 6.09. The number of nitrogens with one attached hydrogen (secondary N) is 1. The first-order valence-corrected chi connectivity index (χ1v) is 6.38. The van der Waals surface area contributed by atoms with Gasteiger partial charge in [-0.1, -0.05) is 0 Å². The minimum atomic E-state index is -1.11. The van der Waals surface area contributed by atoms with Crippen LogP contribution in [-0.4, -0.2) is 36.0 Å². The lowest BCUT2D eigenvalue weighted by molar-refractivity contribution is -0.135. The average molecular weight is 286 g/mol. The van der Waals surface area contributed by atoms with Crippen molar-refractivity contribution in [3.05, 3.63) is 29.8 Å². The van der Waals surface area contributed by atoms with E-state index in [4.69, 9.17) is 11.5 Å². The Morgan fingerprint density at radius 2 is 2.05 bits per heavy atom. The van der Waals surface area contributed by atoms with Crippen LogP contribution in [0.3, 0.4) is 0 Å². The van der Waals surface area contributed by atoms with Gasteiger partial charge in [-0.3, -0.25) is 14.4 Å². The lowest BCUT2D eigenvalue weighted by Gasteiger charge is -2.16. The van der Waals surface area contributed by atoms with Crippen molar-refractivity contribution in [2.24, 2.45) is 5.92 Å². The second-order valence-corrected chi connectivity index (χ2v) is 4.70. The van der Waals surface area contributed by atoms with E-state index in [0.29, 0.717) is 24.2 Å². The van der Waals surface area contributed by atoms with E-state index in [0.717, 1.165) is 0 Å². The van der Waals surface area contributed by atoms with Crippen LogP contribution in [0, 0.1) is 18.3 Å². The summed E-state index contributed by atoms with van der Waals surface area (Å²) in [4.78, 5) is 35.5. The second-order valence-electron chi connectivity index (χ2n) is 4.70. The highest BCUT2D eigenvalue weighted by Gasteiger charge is 2.29. The zero-order chi connectivity index (χ0) is 15.4. The Morgan fingerprint density at radius 3 is 2.57 bits per heavy atom. The molecule has 0 bridgehead atoms. The van der Waals surface area contributed by atoms with E-state index in [1.807, 2.05) is 0 Å². The summed E-state index contributed by atoms with van der Waals surface area (Å²) in [6.45, 7) is 0.0366. The van der Waals surface area contributed by atoms with Gasteiger partial charge in [0.05, 0.1) is 0 Å².